The number of para-hydroxylation sites is 1. The van der Waals surface area contributed by atoms with E-state index in [2.05, 4.69) is 20.9 Å². The molecule has 5 nitrogen and oxygen atoms in total. The number of ether oxygens (including phenoxy) is 1. The van der Waals surface area contributed by atoms with Gasteiger partial charge in [0, 0.05) is 4.47 Å². The Morgan fingerprint density at radius 3 is 2.70 bits per heavy atom. The van der Waals surface area contributed by atoms with E-state index in [1.807, 2.05) is 6.07 Å². The van der Waals surface area contributed by atoms with Crippen molar-refractivity contribution in [1.82, 2.24) is 9.55 Å². The van der Waals surface area contributed by atoms with Crippen molar-refractivity contribution in [2.45, 2.75) is 0 Å². The van der Waals surface area contributed by atoms with Crippen molar-refractivity contribution in [1.29, 1.82) is 0 Å². The average molecular weight is 391 g/mol. The highest BCUT2D eigenvalue weighted by Gasteiger charge is 2.13. The van der Waals surface area contributed by atoms with Crippen LogP contribution in [0.1, 0.15) is 4.79 Å². The molecule has 3 aromatic rings. The van der Waals surface area contributed by atoms with Crippen LogP contribution in [-0.2, 0) is 0 Å². The van der Waals surface area contributed by atoms with E-state index in [0.29, 0.717) is 16.7 Å². The smallest absolute Gasteiger partial charge is 0.273 e. The maximum atomic E-state index is 12.5. The predicted octanol–water partition coefficient (Wildman–Crippen LogP) is 3.54. The topological polar surface area (TPSA) is 64.1 Å². The largest absolute Gasteiger partial charge is 0.484 e. The van der Waals surface area contributed by atoms with E-state index in [-0.39, 0.29) is 11.4 Å². The fraction of sp³-hybridized carbons (Fsp3) is 0.0625. The van der Waals surface area contributed by atoms with Crippen molar-refractivity contribution < 1.29 is 9.53 Å². The first kappa shape index (κ1) is 15.6. The molecular formula is C16H11BrN2O3S. The number of benzene rings is 2. The second-order valence-corrected chi connectivity index (χ2v) is 6.06. The minimum Gasteiger partial charge on any atom is -0.484 e. The summed E-state index contributed by atoms with van der Waals surface area (Å²) in [5.74, 6) is 0.0225. The van der Waals surface area contributed by atoms with Crippen LogP contribution < -0.4 is 10.3 Å². The predicted molar refractivity (Wildman–Crippen MR) is 93.7 cm³/mol. The second-order valence-electron chi connectivity index (χ2n) is 4.76. The van der Waals surface area contributed by atoms with Gasteiger partial charge < -0.3 is 9.72 Å². The molecule has 0 aliphatic carbocycles. The standard InChI is InChI=1S/C16H11BrN2O3S/c17-10-6-7-13-12(8-10)15(21)19(16(23)18-13)14(20)9-22-11-4-2-1-3-5-11/h1-8H,9H2,(H,18,23). The third-order valence-electron chi connectivity index (χ3n) is 3.21. The highest BCUT2D eigenvalue weighted by molar-refractivity contribution is 9.10. The van der Waals surface area contributed by atoms with E-state index in [1.165, 1.54) is 0 Å². The van der Waals surface area contributed by atoms with Crippen LogP contribution in [0.25, 0.3) is 10.9 Å². The highest BCUT2D eigenvalue weighted by atomic mass is 79.9. The van der Waals surface area contributed by atoms with Gasteiger partial charge >= 0.3 is 0 Å². The third kappa shape index (κ3) is 3.25. The van der Waals surface area contributed by atoms with Gasteiger partial charge in [0.15, 0.2) is 11.4 Å². The molecule has 116 valence electrons. The van der Waals surface area contributed by atoms with Crippen molar-refractivity contribution in [3.8, 4) is 5.75 Å². The zero-order valence-electron chi connectivity index (χ0n) is 11.8. The first-order valence-corrected chi connectivity index (χ1v) is 7.92. The normalized spacial score (nSPS) is 10.7. The lowest BCUT2D eigenvalue weighted by atomic mass is 10.2. The van der Waals surface area contributed by atoms with E-state index < -0.39 is 11.5 Å². The van der Waals surface area contributed by atoms with E-state index in [4.69, 9.17) is 17.0 Å². The van der Waals surface area contributed by atoms with Gasteiger partial charge in [0.1, 0.15) is 5.75 Å². The Morgan fingerprint density at radius 2 is 1.96 bits per heavy atom. The Kier molecular flexibility index (Phi) is 4.40. The fourth-order valence-electron chi connectivity index (χ4n) is 2.14. The van der Waals surface area contributed by atoms with Crippen molar-refractivity contribution in [3.05, 3.63) is 68.1 Å². The van der Waals surface area contributed by atoms with Crippen molar-refractivity contribution in [2.24, 2.45) is 0 Å². The van der Waals surface area contributed by atoms with E-state index in [9.17, 15) is 9.59 Å². The number of rotatable bonds is 3. The molecule has 0 fully saturated rings. The van der Waals surface area contributed by atoms with Gasteiger partial charge in [0.2, 0.25) is 0 Å². The summed E-state index contributed by atoms with van der Waals surface area (Å²) in [6, 6.07) is 14.1. The second kappa shape index (κ2) is 6.47. The molecule has 1 aromatic heterocycles. The summed E-state index contributed by atoms with van der Waals surface area (Å²) in [6.45, 7) is -0.277. The van der Waals surface area contributed by atoms with Gasteiger partial charge in [0.05, 0.1) is 10.9 Å². The summed E-state index contributed by atoms with van der Waals surface area (Å²) < 4.78 is 7.10. The monoisotopic (exact) mass is 390 g/mol. The lowest BCUT2D eigenvalue weighted by Crippen LogP contribution is -2.32. The SMILES string of the molecule is O=C(COc1ccccc1)n1c(=S)[nH]c2ccc(Br)cc2c1=O. The van der Waals surface area contributed by atoms with Crippen LogP contribution >= 0.6 is 28.1 Å². The quantitative estimate of drug-likeness (QED) is 0.694. The molecule has 0 spiro atoms. The average Bonchev–Trinajstić information content (AvgIpc) is 2.55. The number of fused-ring (bicyclic) bond motifs is 1. The van der Waals surface area contributed by atoms with Gasteiger partial charge in [-0.25, -0.2) is 4.57 Å². The number of aromatic nitrogens is 2. The molecule has 3 rings (SSSR count). The number of hydrogen-bond acceptors (Lipinski definition) is 4. The summed E-state index contributed by atoms with van der Waals surface area (Å²) in [6.07, 6.45) is 0. The van der Waals surface area contributed by atoms with Crippen LogP contribution in [0.4, 0.5) is 0 Å². The molecule has 0 aliphatic heterocycles. The number of carbonyl (C=O) groups excluding carboxylic acids is 1. The molecule has 0 unspecified atom stereocenters. The zero-order chi connectivity index (χ0) is 16.4. The molecule has 0 saturated carbocycles. The molecular weight excluding hydrogens is 380 g/mol. The number of halogens is 1. The number of H-pyrrole nitrogens is 1. The first-order chi connectivity index (χ1) is 11.1. The molecule has 0 aliphatic rings. The fourth-order valence-corrected chi connectivity index (χ4v) is 2.79. The number of nitrogens with zero attached hydrogens (tertiary/aromatic N) is 1. The molecule has 1 heterocycles. The third-order valence-corrected chi connectivity index (χ3v) is 3.99. The Morgan fingerprint density at radius 1 is 1.22 bits per heavy atom. The minimum absolute atomic E-state index is 0.0477. The minimum atomic E-state index is -0.526. The summed E-state index contributed by atoms with van der Waals surface area (Å²) in [5.41, 5.74) is 0.114. The van der Waals surface area contributed by atoms with Crippen LogP contribution in [0.15, 0.2) is 57.8 Å². The molecule has 0 amide bonds. The highest BCUT2D eigenvalue weighted by Crippen LogP contribution is 2.15. The summed E-state index contributed by atoms with van der Waals surface area (Å²) in [7, 11) is 0. The summed E-state index contributed by atoms with van der Waals surface area (Å²) in [5, 5.41) is 0.376. The van der Waals surface area contributed by atoms with Crippen molar-refractivity contribution in [2.75, 3.05) is 6.61 Å². The van der Waals surface area contributed by atoms with Crippen LogP contribution in [0.3, 0.4) is 0 Å². The summed E-state index contributed by atoms with van der Waals surface area (Å²) in [4.78, 5) is 27.7. The Balaban J connectivity index is 1.97. The van der Waals surface area contributed by atoms with Gasteiger partial charge in [0.25, 0.3) is 11.5 Å². The zero-order valence-corrected chi connectivity index (χ0v) is 14.2. The number of hydrogen-bond donors (Lipinski definition) is 1. The van der Waals surface area contributed by atoms with Crippen LogP contribution in [0, 0.1) is 4.77 Å². The Hall–Kier alpha value is -2.25. The lowest BCUT2D eigenvalue weighted by molar-refractivity contribution is 0.0830. The Labute approximate surface area is 144 Å². The van der Waals surface area contributed by atoms with Gasteiger partial charge in [-0.3, -0.25) is 9.59 Å². The molecule has 0 atom stereocenters. The molecule has 23 heavy (non-hydrogen) atoms. The summed E-state index contributed by atoms with van der Waals surface area (Å²) >= 11 is 8.44. The molecule has 0 bridgehead atoms. The maximum absolute atomic E-state index is 12.5. The molecule has 1 N–H and O–H groups in total. The van der Waals surface area contributed by atoms with Crippen molar-refractivity contribution >= 4 is 45.0 Å². The number of nitrogens with one attached hydrogen (secondary N) is 1. The van der Waals surface area contributed by atoms with E-state index >= 15 is 0 Å². The van der Waals surface area contributed by atoms with Gasteiger partial charge in [-0.05, 0) is 42.5 Å². The van der Waals surface area contributed by atoms with Crippen LogP contribution in [0.2, 0.25) is 0 Å². The Bertz CT molecular complexity index is 996. The van der Waals surface area contributed by atoms with E-state index in [1.54, 1.807) is 42.5 Å². The van der Waals surface area contributed by atoms with Gasteiger partial charge in [-0.1, -0.05) is 34.1 Å². The maximum Gasteiger partial charge on any atom is 0.273 e. The lowest BCUT2D eigenvalue weighted by Gasteiger charge is -2.08. The number of carbonyl (C=O) groups is 1. The molecule has 2 aromatic carbocycles. The van der Waals surface area contributed by atoms with E-state index in [0.717, 1.165) is 9.04 Å². The first-order valence-electron chi connectivity index (χ1n) is 6.72. The van der Waals surface area contributed by atoms with Crippen molar-refractivity contribution in [3.63, 3.8) is 0 Å². The molecule has 0 radical (unpaired) electrons. The molecule has 7 heteroatoms. The van der Waals surface area contributed by atoms with Crippen LogP contribution in [0.5, 0.6) is 5.75 Å². The number of aromatic amines is 1. The van der Waals surface area contributed by atoms with Gasteiger partial charge in [-0.2, -0.15) is 0 Å². The van der Waals surface area contributed by atoms with Crippen LogP contribution in [-0.4, -0.2) is 22.1 Å². The molecule has 0 saturated heterocycles. The van der Waals surface area contributed by atoms with Gasteiger partial charge in [-0.15, -0.1) is 0 Å².